The zero-order valence-corrected chi connectivity index (χ0v) is 16.3. The number of methoxy groups -OCH3 is 2. The van der Waals surface area contributed by atoms with Gasteiger partial charge < -0.3 is 24.8 Å². The Morgan fingerprint density at radius 3 is 2.54 bits per heavy atom. The van der Waals surface area contributed by atoms with Crippen molar-refractivity contribution in [2.45, 2.75) is 39.0 Å². The molecule has 0 bridgehead atoms. The molecule has 0 spiro atoms. The lowest BCUT2D eigenvalue weighted by Gasteiger charge is -2.14. The van der Waals surface area contributed by atoms with Crippen molar-refractivity contribution in [3.8, 4) is 11.5 Å². The first kappa shape index (κ1) is 21.6. The summed E-state index contributed by atoms with van der Waals surface area (Å²) in [6.45, 7) is 3.34. The molecular weight excluding hydrogens is 334 g/mol. The molecule has 0 heterocycles. The molecule has 1 rings (SSSR count). The standard InChI is InChI=1S/C19H31N3O4/c1-5-26-16-12-11-15(14-17(16)24-3)22-19(20-2)21-13-9-7-6-8-10-18(23)25-4/h11-12,14H,5-10,13H2,1-4H3,(H2,20,21,22). The number of ether oxygens (including phenoxy) is 3. The summed E-state index contributed by atoms with van der Waals surface area (Å²) in [4.78, 5) is 15.3. The first-order valence-corrected chi connectivity index (χ1v) is 8.99. The maximum atomic E-state index is 11.0. The van der Waals surface area contributed by atoms with Crippen LogP contribution in [0.5, 0.6) is 11.5 Å². The number of nitrogens with zero attached hydrogens (tertiary/aromatic N) is 1. The minimum Gasteiger partial charge on any atom is -0.493 e. The predicted octanol–water partition coefficient (Wildman–Crippen LogP) is 3.20. The van der Waals surface area contributed by atoms with Crippen molar-refractivity contribution in [3.05, 3.63) is 18.2 Å². The van der Waals surface area contributed by atoms with Gasteiger partial charge in [-0.3, -0.25) is 9.79 Å². The highest BCUT2D eigenvalue weighted by Crippen LogP contribution is 2.30. The third-order valence-electron chi connectivity index (χ3n) is 3.78. The summed E-state index contributed by atoms with van der Waals surface area (Å²) in [5, 5.41) is 6.52. The van der Waals surface area contributed by atoms with E-state index in [0.717, 1.165) is 43.7 Å². The largest absolute Gasteiger partial charge is 0.493 e. The molecule has 7 nitrogen and oxygen atoms in total. The summed E-state index contributed by atoms with van der Waals surface area (Å²) in [6, 6.07) is 5.68. The first-order valence-electron chi connectivity index (χ1n) is 8.99. The second-order valence-corrected chi connectivity index (χ2v) is 5.66. The van der Waals surface area contributed by atoms with Crippen LogP contribution < -0.4 is 20.1 Å². The van der Waals surface area contributed by atoms with Crippen molar-refractivity contribution in [2.24, 2.45) is 4.99 Å². The zero-order chi connectivity index (χ0) is 19.2. The van der Waals surface area contributed by atoms with Gasteiger partial charge in [0.15, 0.2) is 17.5 Å². The molecule has 7 heteroatoms. The third kappa shape index (κ3) is 8.09. The van der Waals surface area contributed by atoms with Gasteiger partial charge >= 0.3 is 5.97 Å². The summed E-state index contributed by atoms with van der Waals surface area (Å²) in [7, 11) is 4.78. The number of aliphatic imine (C=N–C) groups is 1. The van der Waals surface area contributed by atoms with E-state index in [2.05, 4.69) is 20.4 Å². The van der Waals surface area contributed by atoms with Crippen molar-refractivity contribution in [1.82, 2.24) is 5.32 Å². The number of benzene rings is 1. The first-order chi connectivity index (χ1) is 12.6. The number of unbranched alkanes of at least 4 members (excludes halogenated alkanes) is 3. The monoisotopic (exact) mass is 365 g/mol. The number of carbonyl (C=O) groups is 1. The second kappa shape index (κ2) is 12.9. The third-order valence-corrected chi connectivity index (χ3v) is 3.78. The van der Waals surface area contributed by atoms with Gasteiger partial charge in [0.05, 0.1) is 20.8 Å². The number of guanidine groups is 1. The van der Waals surface area contributed by atoms with E-state index in [0.29, 0.717) is 24.7 Å². The molecule has 0 atom stereocenters. The molecule has 2 N–H and O–H groups in total. The molecule has 0 saturated heterocycles. The fourth-order valence-electron chi connectivity index (χ4n) is 2.39. The molecule has 1 aromatic carbocycles. The fraction of sp³-hybridized carbons (Fsp3) is 0.579. The van der Waals surface area contributed by atoms with Crippen LogP contribution in [0.4, 0.5) is 5.69 Å². The summed E-state index contributed by atoms with van der Waals surface area (Å²) in [6.07, 6.45) is 4.43. The van der Waals surface area contributed by atoms with Crippen LogP contribution in [0.15, 0.2) is 23.2 Å². The minimum atomic E-state index is -0.140. The van der Waals surface area contributed by atoms with Crippen LogP contribution >= 0.6 is 0 Å². The Hall–Kier alpha value is -2.44. The van der Waals surface area contributed by atoms with E-state index in [1.165, 1.54) is 7.11 Å². The second-order valence-electron chi connectivity index (χ2n) is 5.66. The van der Waals surface area contributed by atoms with Crippen LogP contribution in [0.3, 0.4) is 0 Å². The number of hydrogen-bond donors (Lipinski definition) is 2. The van der Waals surface area contributed by atoms with Crippen LogP contribution in [0.1, 0.15) is 39.0 Å². The summed E-state index contributed by atoms with van der Waals surface area (Å²) < 4.78 is 15.5. The van der Waals surface area contributed by atoms with Gasteiger partial charge in [-0.05, 0) is 31.9 Å². The fourth-order valence-corrected chi connectivity index (χ4v) is 2.39. The number of nitrogens with one attached hydrogen (secondary N) is 2. The maximum absolute atomic E-state index is 11.0. The highest BCUT2D eigenvalue weighted by molar-refractivity contribution is 5.93. The summed E-state index contributed by atoms with van der Waals surface area (Å²) in [5.41, 5.74) is 0.872. The van der Waals surface area contributed by atoms with Gasteiger partial charge in [-0.25, -0.2) is 0 Å². The van der Waals surface area contributed by atoms with Gasteiger partial charge in [0.2, 0.25) is 0 Å². The highest BCUT2D eigenvalue weighted by Gasteiger charge is 2.07. The molecule has 0 radical (unpaired) electrons. The van der Waals surface area contributed by atoms with Gasteiger partial charge in [0.25, 0.3) is 0 Å². The highest BCUT2D eigenvalue weighted by atomic mass is 16.5. The maximum Gasteiger partial charge on any atom is 0.305 e. The van der Waals surface area contributed by atoms with E-state index < -0.39 is 0 Å². The number of esters is 1. The molecule has 0 aromatic heterocycles. The summed E-state index contributed by atoms with van der Waals surface area (Å²) in [5.74, 6) is 1.96. The minimum absolute atomic E-state index is 0.140. The summed E-state index contributed by atoms with van der Waals surface area (Å²) >= 11 is 0. The molecule has 0 aliphatic heterocycles. The van der Waals surface area contributed by atoms with Crippen molar-refractivity contribution < 1.29 is 19.0 Å². The molecule has 1 aromatic rings. The molecule has 0 aliphatic rings. The Labute approximate surface area is 156 Å². The van der Waals surface area contributed by atoms with Crippen molar-refractivity contribution in [1.29, 1.82) is 0 Å². The molecule has 146 valence electrons. The Kier molecular flexibility index (Phi) is 10.7. The van der Waals surface area contributed by atoms with E-state index in [1.54, 1.807) is 14.2 Å². The van der Waals surface area contributed by atoms with Gasteiger partial charge in [-0.2, -0.15) is 0 Å². The molecule has 0 unspecified atom stereocenters. The lowest BCUT2D eigenvalue weighted by atomic mass is 10.1. The molecule has 26 heavy (non-hydrogen) atoms. The quantitative estimate of drug-likeness (QED) is 0.271. The van der Waals surface area contributed by atoms with Gasteiger partial charge in [0, 0.05) is 31.8 Å². The number of hydrogen-bond acceptors (Lipinski definition) is 5. The van der Waals surface area contributed by atoms with Crippen molar-refractivity contribution >= 4 is 17.6 Å². The van der Waals surface area contributed by atoms with Gasteiger partial charge in [0.1, 0.15) is 0 Å². The molecule has 0 fully saturated rings. The van der Waals surface area contributed by atoms with Gasteiger partial charge in [-0.15, -0.1) is 0 Å². The predicted molar refractivity (Wildman–Crippen MR) is 104 cm³/mol. The average Bonchev–Trinajstić information content (AvgIpc) is 2.67. The Balaban J connectivity index is 2.35. The Bertz CT molecular complexity index is 576. The zero-order valence-electron chi connectivity index (χ0n) is 16.3. The smallest absolute Gasteiger partial charge is 0.305 e. The van der Waals surface area contributed by atoms with E-state index in [4.69, 9.17) is 9.47 Å². The topological polar surface area (TPSA) is 81.2 Å². The normalized spacial score (nSPS) is 11.0. The molecular formula is C19H31N3O4. The molecule has 0 aliphatic carbocycles. The van der Waals surface area contributed by atoms with E-state index in [9.17, 15) is 4.79 Å². The number of anilines is 1. The van der Waals surface area contributed by atoms with Gasteiger partial charge in [-0.1, -0.05) is 12.8 Å². The van der Waals surface area contributed by atoms with Crippen molar-refractivity contribution in [2.75, 3.05) is 39.7 Å². The van der Waals surface area contributed by atoms with E-state index >= 15 is 0 Å². The van der Waals surface area contributed by atoms with Crippen LogP contribution in [-0.4, -0.2) is 46.3 Å². The van der Waals surface area contributed by atoms with Crippen LogP contribution in [0.25, 0.3) is 0 Å². The van der Waals surface area contributed by atoms with E-state index in [1.807, 2.05) is 25.1 Å². The Morgan fingerprint density at radius 1 is 1.12 bits per heavy atom. The number of rotatable bonds is 11. The van der Waals surface area contributed by atoms with Crippen LogP contribution in [0, 0.1) is 0 Å². The lowest BCUT2D eigenvalue weighted by molar-refractivity contribution is -0.140. The lowest BCUT2D eigenvalue weighted by Crippen LogP contribution is -2.31. The molecule has 0 saturated carbocycles. The SMILES string of the molecule is CCOc1ccc(NC(=NC)NCCCCCCC(=O)OC)cc1OC. The van der Waals surface area contributed by atoms with E-state index in [-0.39, 0.29) is 5.97 Å². The average molecular weight is 365 g/mol. The van der Waals surface area contributed by atoms with Crippen LogP contribution in [-0.2, 0) is 9.53 Å². The Morgan fingerprint density at radius 2 is 1.88 bits per heavy atom. The van der Waals surface area contributed by atoms with Crippen LogP contribution in [0.2, 0.25) is 0 Å². The van der Waals surface area contributed by atoms with Crippen molar-refractivity contribution in [3.63, 3.8) is 0 Å². The molecule has 0 amide bonds. The number of carbonyl (C=O) groups excluding carboxylic acids is 1.